The van der Waals surface area contributed by atoms with E-state index in [0.717, 1.165) is 47.9 Å². The Morgan fingerprint density at radius 3 is 1.88 bits per heavy atom. The van der Waals surface area contributed by atoms with E-state index in [2.05, 4.69) is 122 Å². The Kier molecular flexibility index (Phi) is 37.2. The Labute approximate surface area is 326 Å². The van der Waals surface area contributed by atoms with Gasteiger partial charge in [0.1, 0.15) is 0 Å². The molecular formula is C48H87N3O. The molecule has 1 aliphatic carbocycles. The molecule has 52 heavy (non-hydrogen) atoms. The van der Waals surface area contributed by atoms with Crippen molar-refractivity contribution in [3.05, 3.63) is 122 Å². The average molecular weight is 722 g/mol. The fourth-order valence-electron chi connectivity index (χ4n) is 6.27. The van der Waals surface area contributed by atoms with Gasteiger partial charge in [0.25, 0.3) is 0 Å². The lowest BCUT2D eigenvalue weighted by Gasteiger charge is -2.30. The summed E-state index contributed by atoms with van der Waals surface area (Å²) in [5, 5.41) is 7.04. The zero-order chi connectivity index (χ0) is 38.5. The lowest BCUT2D eigenvalue weighted by Crippen LogP contribution is -2.29. The van der Waals surface area contributed by atoms with Crippen molar-refractivity contribution in [1.29, 1.82) is 0 Å². The third-order valence-corrected chi connectivity index (χ3v) is 8.69. The first-order valence-electron chi connectivity index (χ1n) is 19.2. The Morgan fingerprint density at radius 2 is 1.44 bits per heavy atom. The van der Waals surface area contributed by atoms with Gasteiger partial charge in [0.05, 0.1) is 18.7 Å². The molecule has 4 heteroatoms. The van der Waals surface area contributed by atoms with E-state index < -0.39 is 0 Å². The van der Waals surface area contributed by atoms with Crippen molar-refractivity contribution in [2.45, 2.75) is 153 Å². The normalized spacial score (nSPS) is 14.0. The van der Waals surface area contributed by atoms with Crippen molar-refractivity contribution in [3.8, 4) is 0 Å². The van der Waals surface area contributed by atoms with Crippen LogP contribution in [0.15, 0.2) is 116 Å². The highest BCUT2D eigenvalue weighted by Gasteiger charge is 2.24. The summed E-state index contributed by atoms with van der Waals surface area (Å²) in [7, 11) is 0. The maximum Gasteiger partial charge on any atom is 0.0807 e. The second kappa shape index (κ2) is 34.8. The van der Waals surface area contributed by atoms with Crippen molar-refractivity contribution in [3.63, 3.8) is 0 Å². The maximum absolute atomic E-state index is 5.74. The molecule has 0 radical (unpaired) electrons. The number of rotatable bonds is 20. The van der Waals surface area contributed by atoms with Gasteiger partial charge in [-0.1, -0.05) is 161 Å². The fraction of sp³-hybridized carbons (Fsp3) is 0.583. The van der Waals surface area contributed by atoms with Crippen molar-refractivity contribution in [2.75, 3.05) is 13.2 Å². The summed E-state index contributed by atoms with van der Waals surface area (Å²) in [5.41, 5.74) is 12.2. The van der Waals surface area contributed by atoms with Crippen molar-refractivity contribution in [2.24, 2.45) is 23.5 Å². The third-order valence-electron chi connectivity index (χ3n) is 8.69. The zero-order valence-corrected chi connectivity index (χ0v) is 34.0. The molecule has 0 saturated heterocycles. The van der Waals surface area contributed by atoms with Crippen molar-refractivity contribution >= 4 is 0 Å². The number of allylic oxidation sites excluding steroid dienone is 3. The average Bonchev–Trinajstić information content (AvgIpc) is 3.07. The highest BCUT2D eigenvalue weighted by atomic mass is 16.5. The molecule has 4 nitrogen and oxygen atoms in total. The van der Waals surface area contributed by atoms with Gasteiger partial charge in [0, 0.05) is 18.0 Å². The molecule has 0 amide bonds. The summed E-state index contributed by atoms with van der Waals surface area (Å²) < 4.78 is 5.74. The van der Waals surface area contributed by atoms with Crippen LogP contribution in [0.5, 0.6) is 0 Å². The predicted octanol–water partition coefficient (Wildman–Crippen LogP) is 14.2. The van der Waals surface area contributed by atoms with Gasteiger partial charge in [0.15, 0.2) is 0 Å². The second-order valence-electron chi connectivity index (χ2n) is 14.1. The molecule has 4 atom stereocenters. The molecule has 0 bridgehead atoms. The number of nitrogens with two attached hydrogens (primary N) is 1. The van der Waals surface area contributed by atoms with E-state index in [9.17, 15) is 0 Å². The van der Waals surface area contributed by atoms with Crippen LogP contribution in [-0.2, 0) is 4.74 Å². The van der Waals surface area contributed by atoms with E-state index in [1.807, 2.05) is 13.0 Å². The van der Waals surface area contributed by atoms with Gasteiger partial charge in [-0.3, -0.25) is 0 Å². The van der Waals surface area contributed by atoms with Gasteiger partial charge in [-0.2, -0.15) is 0 Å². The SMILES string of the molecule is C.C.C=C(C)C(OCC)C1CCCCC1.C=C(C)C[C@H](NC(=C)CNC(=C)C(=C)C(CCC)C(C)CCCC)c1ccccc1.C=C(C)N.C=CC. The summed E-state index contributed by atoms with van der Waals surface area (Å²) in [6.07, 6.45) is 15.9. The molecule has 1 fully saturated rings. The molecule has 4 N–H and O–H groups in total. The monoisotopic (exact) mass is 722 g/mol. The highest BCUT2D eigenvalue weighted by Crippen LogP contribution is 2.32. The topological polar surface area (TPSA) is 59.3 Å². The summed E-state index contributed by atoms with van der Waals surface area (Å²) >= 11 is 0. The summed E-state index contributed by atoms with van der Waals surface area (Å²) in [6, 6.07) is 10.7. The van der Waals surface area contributed by atoms with Crippen molar-refractivity contribution < 1.29 is 4.74 Å². The molecule has 1 saturated carbocycles. The molecule has 1 aromatic carbocycles. The molecule has 300 valence electrons. The minimum absolute atomic E-state index is 0. The van der Waals surface area contributed by atoms with Crippen LogP contribution in [0, 0.1) is 17.8 Å². The van der Waals surface area contributed by atoms with Gasteiger partial charge in [-0.15, -0.1) is 13.2 Å². The lowest BCUT2D eigenvalue weighted by atomic mass is 9.80. The quantitative estimate of drug-likeness (QED) is 0.0927. The zero-order valence-electron chi connectivity index (χ0n) is 34.0. The van der Waals surface area contributed by atoms with Crippen LogP contribution in [0.3, 0.4) is 0 Å². The molecule has 0 aliphatic heterocycles. The maximum atomic E-state index is 5.74. The lowest BCUT2D eigenvalue weighted by molar-refractivity contribution is 0.0324. The van der Waals surface area contributed by atoms with E-state index in [1.165, 1.54) is 68.9 Å². The molecule has 1 aromatic rings. The van der Waals surface area contributed by atoms with Crippen LogP contribution in [-0.4, -0.2) is 19.3 Å². The number of ether oxygens (including phenoxy) is 1. The molecule has 0 spiro atoms. The highest BCUT2D eigenvalue weighted by molar-refractivity contribution is 5.28. The van der Waals surface area contributed by atoms with Crippen LogP contribution in [0.1, 0.15) is 152 Å². The largest absolute Gasteiger partial charge is 0.403 e. The summed E-state index contributed by atoms with van der Waals surface area (Å²) in [4.78, 5) is 0. The van der Waals surface area contributed by atoms with Crippen LogP contribution in [0.2, 0.25) is 0 Å². The Hall–Kier alpha value is -3.24. The van der Waals surface area contributed by atoms with E-state index in [0.29, 0.717) is 30.2 Å². The van der Waals surface area contributed by atoms with E-state index in [4.69, 9.17) is 10.5 Å². The smallest absolute Gasteiger partial charge is 0.0807 e. The van der Waals surface area contributed by atoms with E-state index in [1.54, 1.807) is 13.0 Å². The molecular weight excluding hydrogens is 635 g/mol. The van der Waals surface area contributed by atoms with Crippen LogP contribution in [0.25, 0.3) is 0 Å². The fourth-order valence-corrected chi connectivity index (χ4v) is 6.27. The minimum Gasteiger partial charge on any atom is -0.403 e. The molecule has 2 rings (SSSR count). The minimum atomic E-state index is 0. The number of hydrogen-bond donors (Lipinski definition) is 3. The van der Waals surface area contributed by atoms with Gasteiger partial charge in [0.2, 0.25) is 0 Å². The van der Waals surface area contributed by atoms with Crippen LogP contribution >= 0.6 is 0 Å². The second-order valence-corrected chi connectivity index (χ2v) is 14.1. The molecule has 3 unspecified atom stereocenters. The standard InChI is InChI=1S/C28H44N2.C12H22O.C3H7N.C3H6.2CH4/c1-9-11-16-22(5)27(15-10-2)24(7)25(8)29-20-23(6)30-28(19-21(3)4)26-17-13-12-14-18-26;1-4-13-12(10(2)3)11-8-6-5-7-9-11;1-3(2)4;1-3-2;;/h12-14,17-18,22,27-30H,3,6-11,15-16,19-20H2,1-2,4-5H3;11-12H,2,4-9H2,1,3H3;1,4H2,2H3;3H,1H2,2H3;2*1H4/t22?,27?,28-;;;;;/m0...../s1. The first-order chi connectivity index (χ1) is 23.7. The summed E-state index contributed by atoms with van der Waals surface area (Å²) in [5.74, 6) is 1.87. The molecule has 1 aliphatic rings. The first kappa shape index (κ1) is 55.5. The number of hydrogen-bond acceptors (Lipinski definition) is 4. The predicted molar refractivity (Wildman–Crippen MR) is 239 cm³/mol. The number of unbranched alkanes of at least 4 members (excludes halogenated alkanes) is 1. The van der Waals surface area contributed by atoms with Gasteiger partial charge < -0.3 is 21.1 Å². The Balaban J connectivity index is -0.000000432. The molecule has 0 aromatic heterocycles. The van der Waals surface area contributed by atoms with Crippen molar-refractivity contribution in [1.82, 2.24) is 10.6 Å². The van der Waals surface area contributed by atoms with E-state index in [-0.39, 0.29) is 20.9 Å². The van der Waals surface area contributed by atoms with Gasteiger partial charge >= 0.3 is 0 Å². The summed E-state index contributed by atoms with van der Waals surface area (Å²) in [6.45, 7) is 45.9. The number of nitrogens with one attached hydrogen (secondary N) is 2. The van der Waals surface area contributed by atoms with Crippen LogP contribution < -0.4 is 16.4 Å². The number of benzene rings is 1. The Bertz CT molecular complexity index is 1110. The Morgan fingerprint density at radius 1 is 0.904 bits per heavy atom. The molecule has 0 heterocycles. The van der Waals surface area contributed by atoms with Gasteiger partial charge in [-0.25, -0.2) is 0 Å². The third kappa shape index (κ3) is 27.4. The van der Waals surface area contributed by atoms with Gasteiger partial charge in [-0.05, 0) is 94.9 Å². The van der Waals surface area contributed by atoms with Crippen LogP contribution in [0.4, 0.5) is 0 Å². The van der Waals surface area contributed by atoms with E-state index >= 15 is 0 Å². The first-order valence-corrected chi connectivity index (χ1v) is 19.2.